The number of benzene rings is 2. The zero-order chi connectivity index (χ0) is 23.4. The van der Waals surface area contributed by atoms with E-state index in [9.17, 15) is 23.2 Å². The van der Waals surface area contributed by atoms with Crippen LogP contribution in [0.15, 0.2) is 60.2 Å². The highest BCUT2D eigenvalue weighted by molar-refractivity contribution is 7.15. The van der Waals surface area contributed by atoms with Crippen LogP contribution in [0, 0.1) is 11.3 Å². The molecule has 1 amide bonds. The van der Waals surface area contributed by atoms with E-state index in [1.807, 2.05) is 18.2 Å². The molecule has 1 unspecified atom stereocenters. The first-order valence-corrected chi connectivity index (χ1v) is 11.1. The van der Waals surface area contributed by atoms with Gasteiger partial charge in [-0.15, -0.1) is 11.3 Å². The maximum atomic E-state index is 13.2. The van der Waals surface area contributed by atoms with Crippen molar-refractivity contribution in [3.63, 3.8) is 0 Å². The molecule has 2 heterocycles. The molecule has 168 valence electrons. The molecule has 2 N–H and O–H groups in total. The Hall–Kier alpha value is -3.48. The number of fused-ring (bicyclic) bond motifs is 1. The number of aromatic nitrogens is 1. The number of hydrogen-bond donors (Lipinski definition) is 2. The van der Waals surface area contributed by atoms with Crippen LogP contribution < -0.4 is 10.2 Å². The van der Waals surface area contributed by atoms with Crippen molar-refractivity contribution in [3.8, 4) is 6.07 Å². The highest BCUT2D eigenvalue weighted by Crippen LogP contribution is 2.33. The molecule has 0 saturated carbocycles. The zero-order valence-electron chi connectivity index (χ0n) is 17.4. The summed E-state index contributed by atoms with van der Waals surface area (Å²) in [7, 11) is 0. The van der Waals surface area contributed by atoms with E-state index in [1.165, 1.54) is 40.0 Å². The van der Waals surface area contributed by atoms with Gasteiger partial charge in [-0.3, -0.25) is 10.1 Å². The molecule has 0 fully saturated rings. The fourth-order valence-electron chi connectivity index (χ4n) is 3.77. The van der Waals surface area contributed by atoms with Gasteiger partial charge in [0.15, 0.2) is 5.13 Å². The van der Waals surface area contributed by atoms with E-state index in [0.717, 1.165) is 48.8 Å². The van der Waals surface area contributed by atoms with Gasteiger partial charge in [0.2, 0.25) is 0 Å². The summed E-state index contributed by atoms with van der Waals surface area (Å²) in [5.41, 5.74) is 0.572. The molecule has 1 aliphatic heterocycles. The number of nitrogens with one attached hydrogen (secondary N) is 2. The van der Waals surface area contributed by atoms with E-state index >= 15 is 0 Å². The van der Waals surface area contributed by atoms with Gasteiger partial charge >= 0.3 is 6.18 Å². The highest BCUT2D eigenvalue weighted by Gasteiger charge is 2.33. The molecule has 0 aliphatic carbocycles. The van der Waals surface area contributed by atoms with Gasteiger partial charge in [-0.25, -0.2) is 4.98 Å². The van der Waals surface area contributed by atoms with Gasteiger partial charge < -0.3 is 4.90 Å². The van der Waals surface area contributed by atoms with Crippen LogP contribution in [-0.2, 0) is 30.5 Å². The monoisotopic (exact) mass is 469 g/mol. The lowest BCUT2D eigenvalue weighted by Gasteiger charge is -2.22. The number of hydrogen-bond acceptors (Lipinski definition) is 4. The average Bonchev–Trinajstić information content (AvgIpc) is 3.19. The van der Waals surface area contributed by atoms with Crippen LogP contribution in [0.1, 0.15) is 27.3 Å². The first-order chi connectivity index (χ1) is 15.8. The number of nitrogens with zero attached hydrogens (tertiary/aromatic N) is 2. The van der Waals surface area contributed by atoms with Crippen LogP contribution in [0.4, 0.5) is 18.3 Å². The van der Waals surface area contributed by atoms with Gasteiger partial charge in [0, 0.05) is 16.9 Å². The van der Waals surface area contributed by atoms with Crippen LogP contribution in [-0.4, -0.2) is 17.4 Å². The first-order valence-electron chi connectivity index (χ1n) is 10.3. The van der Waals surface area contributed by atoms with E-state index in [2.05, 4.69) is 22.4 Å². The van der Waals surface area contributed by atoms with Crippen LogP contribution >= 0.6 is 11.3 Å². The summed E-state index contributed by atoms with van der Waals surface area (Å²) in [5, 5.41) is 12.3. The SMILES string of the molecule is N#C/C(=C\c1ccccc1C(F)(F)F)C(=O)Nc1nc2c(s1)CC[NH+](Cc1ccccc1)C2. The number of quaternary nitrogens is 1. The summed E-state index contributed by atoms with van der Waals surface area (Å²) in [5.74, 6) is -0.783. The number of carbonyl (C=O) groups excluding carboxylic acids is 1. The van der Waals surface area contributed by atoms with Crippen LogP contribution in [0.3, 0.4) is 0 Å². The highest BCUT2D eigenvalue weighted by atomic mass is 32.1. The maximum Gasteiger partial charge on any atom is 0.416 e. The lowest BCUT2D eigenvalue weighted by Crippen LogP contribution is -3.10. The Labute approximate surface area is 192 Å². The van der Waals surface area contributed by atoms with Gasteiger partial charge in [-0.05, 0) is 17.7 Å². The summed E-state index contributed by atoms with van der Waals surface area (Å²) in [6, 6.07) is 16.7. The average molecular weight is 470 g/mol. The molecule has 1 aromatic heterocycles. The molecule has 9 heteroatoms. The number of rotatable bonds is 5. The van der Waals surface area contributed by atoms with Crippen molar-refractivity contribution < 1.29 is 22.9 Å². The molecule has 33 heavy (non-hydrogen) atoms. The molecule has 3 aromatic rings. The Morgan fingerprint density at radius 1 is 1.18 bits per heavy atom. The van der Waals surface area contributed by atoms with Crippen LogP contribution in [0.2, 0.25) is 0 Å². The van der Waals surface area contributed by atoms with E-state index in [4.69, 9.17) is 0 Å². The van der Waals surface area contributed by atoms with Crippen molar-refractivity contribution in [1.29, 1.82) is 5.26 Å². The lowest BCUT2D eigenvalue weighted by atomic mass is 10.0. The number of alkyl halides is 3. The topological polar surface area (TPSA) is 70.2 Å². The minimum Gasteiger partial charge on any atom is -0.326 e. The van der Waals surface area contributed by atoms with Gasteiger partial charge in [-0.2, -0.15) is 18.4 Å². The zero-order valence-corrected chi connectivity index (χ0v) is 18.3. The molecule has 5 nitrogen and oxygen atoms in total. The van der Waals surface area contributed by atoms with Crippen LogP contribution in [0.5, 0.6) is 0 Å². The smallest absolute Gasteiger partial charge is 0.326 e. The number of amides is 1. The van der Waals surface area contributed by atoms with E-state index < -0.39 is 23.2 Å². The standard InChI is InChI=1S/C24H19F3N4OS/c25-24(26,27)19-9-5-4-8-17(19)12-18(13-28)22(32)30-23-29-20-15-31(11-10-21(20)33-23)14-16-6-2-1-3-7-16/h1-9,12H,10-11,14-15H2,(H,29,30,32)/p+1/b18-12+. The summed E-state index contributed by atoms with van der Waals surface area (Å²) in [6.07, 6.45) is -2.81. The van der Waals surface area contributed by atoms with Gasteiger partial charge in [-0.1, -0.05) is 48.5 Å². The van der Waals surface area contributed by atoms with E-state index in [1.54, 1.807) is 6.07 Å². The second-order valence-corrected chi connectivity index (χ2v) is 8.77. The van der Waals surface area contributed by atoms with Crippen LogP contribution in [0.25, 0.3) is 6.08 Å². The summed E-state index contributed by atoms with van der Waals surface area (Å²) >= 11 is 1.34. The Balaban J connectivity index is 1.47. The number of halogens is 3. The van der Waals surface area contributed by atoms with Gasteiger partial charge in [0.25, 0.3) is 5.91 Å². The number of nitriles is 1. The minimum atomic E-state index is -4.59. The molecule has 0 saturated heterocycles. The van der Waals surface area contributed by atoms with Gasteiger partial charge in [0.05, 0.1) is 12.1 Å². The molecule has 0 radical (unpaired) electrons. The van der Waals surface area contributed by atoms with Crippen molar-refractivity contribution >= 4 is 28.5 Å². The lowest BCUT2D eigenvalue weighted by molar-refractivity contribution is -0.929. The predicted molar refractivity (Wildman–Crippen MR) is 119 cm³/mol. The molecular weight excluding hydrogens is 449 g/mol. The minimum absolute atomic E-state index is 0.240. The third-order valence-corrected chi connectivity index (χ3v) is 6.42. The molecule has 0 bridgehead atoms. The Kier molecular flexibility index (Phi) is 6.58. The summed E-state index contributed by atoms with van der Waals surface area (Å²) < 4.78 is 39.7. The Morgan fingerprint density at radius 3 is 2.64 bits per heavy atom. The fourth-order valence-corrected chi connectivity index (χ4v) is 4.74. The Bertz CT molecular complexity index is 1230. The molecule has 0 spiro atoms. The van der Waals surface area contributed by atoms with Crippen molar-refractivity contribution in [2.45, 2.75) is 25.7 Å². The largest absolute Gasteiger partial charge is 0.416 e. The number of thiazole rings is 1. The van der Waals surface area contributed by atoms with Crippen molar-refractivity contribution in [3.05, 3.63) is 87.4 Å². The third kappa shape index (κ3) is 5.48. The summed E-state index contributed by atoms with van der Waals surface area (Å²) in [6.45, 7) is 2.53. The summed E-state index contributed by atoms with van der Waals surface area (Å²) in [4.78, 5) is 19.6. The van der Waals surface area contributed by atoms with E-state index in [0.29, 0.717) is 5.13 Å². The predicted octanol–water partition coefficient (Wildman–Crippen LogP) is 3.85. The first kappa shape index (κ1) is 22.7. The number of anilines is 1. The molecule has 1 aliphatic rings. The Morgan fingerprint density at radius 2 is 1.91 bits per heavy atom. The fraction of sp³-hybridized carbons (Fsp3) is 0.208. The molecular formula is C24H20F3N4OS+. The van der Waals surface area contributed by atoms with Gasteiger partial charge in [0.1, 0.15) is 30.4 Å². The van der Waals surface area contributed by atoms with Crippen molar-refractivity contribution in [2.24, 2.45) is 0 Å². The molecule has 4 rings (SSSR count). The molecule has 2 aromatic carbocycles. The van der Waals surface area contributed by atoms with E-state index in [-0.39, 0.29) is 5.56 Å². The maximum absolute atomic E-state index is 13.2. The number of carbonyl (C=O) groups is 1. The quantitative estimate of drug-likeness (QED) is 0.441. The third-order valence-electron chi connectivity index (χ3n) is 5.35. The van der Waals surface area contributed by atoms with Crippen molar-refractivity contribution in [2.75, 3.05) is 11.9 Å². The van der Waals surface area contributed by atoms with Crippen molar-refractivity contribution in [1.82, 2.24) is 4.98 Å². The second-order valence-electron chi connectivity index (χ2n) is 7.69. The normalized spacial score (nSPS) is 16.1. The molecule has 1 atom stereocenters. The second kappa shape index (κ2) is 9.57.